The van der Waals surface area contributed by atoms with E-state index in [1.807, 2.05) is 29.4 Å². The van der Waals surface area contributed by atoms with Crippen molar-refractivity contribution < 1.29 is 0 Å². The highest BCUT2D eigenvalue weighted by Gasteiger charge is 2.11. The molecule has 0 aromatic heterocycles. The highest BCUT2D eigenvalue weighted by Crippen LogP contribution is 2.31. The lowest BCUT2D eigenvalue weighted by Gasteiger charge is -2.15. The highest BCUT2D eigenvalue weighted by atomic mass is 79.9. The zero-order valence-electron chi connectivity index (χ0n) is 11.2. The monoisotopic (exact) mass is 339 g/mol. The lowest BCUT2D eigenvalue weighted by molar-refractivity contribution is 0.322. The topological polar surface area (TPSA) is 39.4 Å². The van der Waals surface area contributed by atoms with E-state index in [9.17, 15) is 0 Å². The van der Waals surface area contributed by atoms with E-state index in [0.717, 1.165) is 29.5 Å². The van der Waals surface area contributed by atoms with Crippen LogP contribution in [0.4, 0.5) is 0 Å². The number of nitriles is 1. The van der Waals surface area contributed by atoms with Crippen molar-refractivity contribution in [3.05, 3.63) is 34.3 Å². The Balaban J connectivity index is 2.71. The third-order valence-electron chi connectivity index (χ3n) is 2.71. The van der Waals surface area contributed by atoms with Crippen LogP contribution in [0.25, 0.3) is 0 Å². The van der Waals surface area contributed by atoms with Crippen molar-refractivity contribution >= 4 is 33.9 Å². The predicted molar refractivity (Wildman–Crippen MR) is 86.1 cm³/mol. The molecule has 0 aliphatic heterocycles. The van der Waals surface area contributed by atoms with E-state index in [1.54, 1.807) is 0 Å². The molecule has 0 saturated heterocycles. The summed E-state index contributed by atoms with van der Waals surface area (Å²) >= 11 is 4.74. The molecule has 0 spiro atoms. The van der Waals surface area contributed by atoms with Crippen LogP contribution in [0.3, 0.4) is 0 Å². The highest BCUT2D eigenvalue weighted by molar-refractivity contribution is 9.10. The Morgan fingerprint density at radius 2 is 2.21 bits per heavy atom. The second kappa shape index (κ2) is 9.00. The Morgan fingerprint density at radius 1 is 1.47 bits per heavy atom. The van der Waals surface area contributed by atoms with Gasteiger partial charge >= 0.3 is 0 Å². The number of thioether (sulfide) groups is 1. The number of hydrogen-bond acceptors (Lipinski definition) is 4. The van der Waals surface area contributed by atoms with Gasteiger partial charge < -0.3 is 0 Å². The molecular formula is C14H18BrN3S. The van der Waals surface area contributed by atoms with Gasteiger partial charge in [0.05, 0.1) is 0 Å². The SMILES string of the molecule is CCN(CC)/N=C\CC(SC#N)c1cccc(Br)c1. The van der Waals surface area contributed by atoms with Crippen LogP contribution in [0.1, 0.15) is 31.1 Å². The van der Waals surface area contributed by atoms with Gasteiger partial charge in [0.2, 0.25) is 0 Å². The van der Waals surface area contributed by atoms with Crippen LogP contribution in [0, 0.1) is 10.7 Å². The molecule has 5 heteroatoms. The van der Waals surface area contributed by atoms with E-state index in [0.29, 0.717) is 0 Å². The van der Waals surface area contributed by atoms with Crippen LogP contribution >= 0.6 is 27.7 Å². The third-order valence-corrected chi connectivity index (χ3v) is 4.06. The molecule has 0 fully saturated rings. The minimum atomic E-state index is 0.127. The van der Waals surface area contributed by atoms with Crippen molar-refractivity contribution in [1.82, 2.24) is 5.01 Å². The average molecular weight is 340 g/mol. The van der Waals surface area contributed by atoms with E-state index in [2.05, 4.69) is 46.3 Å². The molecule has 102 valence electrons. The molecule has 0 radical (unpaired) electrons. The second-order valence-electron chi connectivity index (χ2n) is 3.93. The third kappa shape index (κ3) is 5.66. The van der Waals surface area contributed by atoms with Gasteiger partial charge in [0.15, 0.2) is 0 Å². The van der Waals surface area contributed by atoms with Crippen LogP contribution in [0.2, 0.25) is 0 Å². The largest absolute Gasteiger partial charge is 0.298 e. The zero-order valence-corrected chi connectivity index (χ0v) is 13.6. The van der Waals surface area contributed by atoms with Gasteiger partial charge in [0.25, 0.3) is 0 Å². The number of nitrogens with zero attached hydrogens (tertiary/aromatic N) is 3. The number of thiocyanates is 1. The van der Waals surface area contributed by atoms with Crippen molar-refractivity contribution in [3.63, 3.8) is 0 Å². The van der Waals surface area contributed by atoms with Crippen molar-refractivity contribution in [1.29, 1.82) is 5.26 Å². The molecule has 0 amide bonds. The zero-order chi connectivity index (χ0) is 14.1. The van der Waals surface area contributed by atoms with Gasteiger partial charge in [-0.15, -0.1) is 0 Å². The van der Waals surface area contributed by atoms with Crippen LogP contribution < -0.4 is 0 Å². The smallest absolute Gasteiger partial charge is 0.133 e. The van der Waals surface area contributed by atoms with E-state index < -0.39 is 0 Å². The first-order valence-corrected chi connectivity index (χ1v) is 7.96. The molecule has 1 unspecified atom stereocenters. The summed E-state index contributed by atoms with van der Waals surface area (Å²) < 4.78 is 1.04. The lowest BCUT2D eigenvalue weighted by Crippen LogP contribution is -2.16. The van der Waals surface area contributed by atoms with Gasteiger partial charge in [0.1, 0.15) is 5.40 Å². The summed E-state index contributed by atoms with van der Waals surface area (Å²) in [4.78, 5) is 0. The van der Waals surface area contributed by atoms with Gasteiger partial charge in [-0.1, -0.05) is 28.1 Å². The van der Waals surface area contributed by atoms with Crippen molar-refractivity contribution in [3.8, 4) is 5.40 Å². The van der Waals surface area contributed by atoms with E-state index in [-0.39, 0.29) is 5.25 Å². The number of benzene rings is 1. The molecule has 0 aliphatic rings. The van der Waals surface area contributed by atoms with Gasteiger partial charge in [-0.25, -0.2) is 0 Å². The number of halogens is 1. The number of hydrazone groups is 1. The maximum Gasteiger partial charge on any atom is 0.133 e. The molecule has 0 bridgehead atoms. The summed E-state index contributed by atoms with van der Waals surface area (Å²) in [5, 5.41) is 17.6. The molecule has 0 aliphatic carbocycles. The summed E-state index contributed by atoms with van der Waals surface area (Å²) in [5.74, 6) is 0. The van der Waals surface area contributed by atoms with Crippen LogP contribution in [-0.4, -0.2) is 24.3 Å². The Hall–Kier alpha value is -0.990. The Labute approximate surface area is 127 Å². The van der Waals surface area contributed by atoms with E-state index in [1.165, 1.54) is 11.8 Å². The summed E-state index contributed by atoms with van der Waals surface area (Å²) in [6.45, 7) is 5.97. The second-order valence-corrected chi connectivity index (χ2v) is 5.83. The first kappa shape index (κ1) is 16.1. The average Bonchev–Trinajstić information content (AvgIpc) is 2.42. The Bertz CT molecular complexity index is 452. The minimum absolute atomic E-state index is 0.127. The standard InChI is InChI=1S/C14H18BrN3S/c1-3-18(4-2)17-9-8-14(19-11-16)12-6-5-7-13(15)10-12/h5-7,9-10,14H,3-4,8H2,1-2H3/b17-9-. The van der Waals surface area contributed by atoms with Crippen LogP contribution in [0.5, 0.6) is 0 Å². The van der Waals surface area contributed by atoms with Gasteiger partial charge in [-0.05, 0) is 43.3 Å². The summed E-state index contributed by atoms with van der Waals surface area (Å²) in [6, 6.07) is 8.08. The summed E-state index contributed by atoms with van der Waals surface area (Å²) in [5.41, 5.74) is 1.15. The maximum atomic E-state index is 8.91. The first-order valence-electron chi connectivity index (χ1n) is 6.28. The molecule has 19 heavy (non-hydrogen) atoms. The van der Waals surface area contributed by atoms with Crippen molar-refractivity contribution in [2.24, 2.45) is 5.10 Å². The quantitative estimate of drug-likeness (QED) is 0.419. The predicted octanol–water partition coefficient (Wildman–Crippen LogP) is 4.42. The van der Waals surface area contributed by atoms with Crippen molar-refractivity contribution in [2.45, 2.75) is 25.5 Å². The molecule has 0 N–H and O–H groups in total. The fourth-order valence-electron chi connectivity index (χ4n) is 1.67. The molecule has 1 aromatic carbocycles. The Morgan fingerprint density at radius 3 is 2.79 bits per heavy atom. The van der Waals surface area contributed by atoms with Crippen LogP contribution in [-0.2, 0) is 0 Å². The molecule has 1 atom stereocenters. The van der Waals surface area contributed by atoms with Gasteiger partial charge in [-0.2, -0.15) is 10.4 Å². The molecule has 1 aromatic rings. The normalized spacial score (nSPS) is 12.3. The minimum Gasteiger partial charge on any atom is -0.298 e. The lowest BCUT2D eigenvalue weighted by atomic mass is 10.1. The van der Waals surface area contributed by atoms with Crippen LogP contribution in [0.15, 0.2) is 33.8 Å². The number of hydrogen-bond donors (Lipinski definition) is 0. The first-order chi connectivity index (χ1) is 9.21. The van der Waals surface area contributed by atoms with Gasteiger partial charge in [0, 0.05) is 35.4 Å². The molecular weight excluding hydrogens is 322 g/mol. The Kier molecular flexibility index (Phi) is 7.61. The molecule has 1 rings (SSSR count). The van der Waals surface area contributed by atoms with E-state index in [4.69, 9.17) is 5.26 Å². The molecule has 0 saturated carbocycles. The van der Waals surface area contributed by atoms with Crippen molar-refractivity contribution in [2.75, 3.05) is 13.1 Å². The van der Waals surface area contributed by atoms with Gasteiger partial charge in [-0.3, -0.25) is 5.01 Å². The molecule has 0 heterocycles. The fraction of sp³-hybridized carbons (Fsp3) is 0.429. The summed E-state index contributed by atoms with van der Waals surface area (Å²) in [7, 11) is 0. The molecule has 3 nitrogen and oxygen atoms in total. The maximum absolute atomic E-state index is 8.91. The summed E-state index contributed by atoms with van der Waals surface area (Å²) in [6.07, 6.45) is 2.66. The van der Waals surface area contributed by atoms with E-state index >= 15 is 0 Å². The number of rotatable bonds is 7. The fourth-order valence-corrected chi connectivity index (χ4v) is 2.68.